The summed E-state index contributed by atoms with van der Waals surface area (Å²) in [6, 6.07) is 16.2. The van der Waals surface area contributed by atoms with Crippen LogP contribution in [-0.2, 0) is 9.59 Å². The Hall–Kier alpha value is -2.75. The highest BCUT2D eigenvalue weighted by Crippen LogP contribution is 2.42. The van der Waals surface area contributed by atoms with E-state index in [2.05, 4.69) is 5.32 Å². The molecule has 0 spiro atoms. The quantitative estimate of drug-likeness (QED) is 0.906. The second-order valence-corrected chi connectivity index (χ2v) is 6.66. The Morgan fingerprint density at radius 2 is 1.60 bits per heavy atom. The first kappa shape index (κ1) is 15.8. The first-order valence-electron chi connectivity index (χ1n) is 8.49. The maximum atomic E-state index is 14.3. The zero-order valence-corrected chi connectivity index (χ0v) is 13.7. The van der Waals surface area contributed by atoms with Gasteiger partial charge < -0.3 is 5.32 Å². The van der Waals surface area contributed by atoms with Crippen molar-refractivity contribution in [3.8, 4) is 0 Å². The first-order chi connectivity index (χ1) is 12.1. The van der Waals surface area contributed by atoms with Crippen molar-refractivity contribution < 1.29 is 14.0 Å². The van der Waals surface area contributed by atoms with Crippen molar-refractivity contribution in [2.75, 3.05) is 0 Å². The third-order valence-corrected chi connectivity index (χ3v) is 5.09. The Labute approximate surface area is 145 Å². The highest BCUT2D eigenvalue weighted by molar-refractivity contribution is 6.02. The molecule has 2 aromatic rings. The van der Waals surface area contributed by atoms with Gasteiger partial charge in [-0.25, -0.2) is 4.39 Å². The summed E-state index contributed by atoms with van der Waals surface area (Å²) < 4.78 is 14.3. The van der Waals surface area contributed by atoms with Crippen LogP contribution in [0.15, 0.2) is 65.9 Å². The topological polar surface area (TPSA) is 46.2 Å². The van der Waals surface area contributed by atoms with Crippen molar-refractivity contribution in [2.45, 2.75) is 31.1 Å². The molecule has 4 heteroatoms. The van der Waals surface area contributed by atoms with Crippen molar-refractivity contribution in [3.05, 3.63) is 82.8 Å². The van der Waals surface area contributed by atoms with Crippen molar-refractivity contribution in [1.82, 2.24) is 5.32 Å². The molecule has 0 radical (unpaired) electrons. The minimum Gasteiger partial charge on any atom is -0.329 e. The molecule has 25 heavy (non-hydrogen) atoms. The maximum Gasteiger partial charge on any atom is 0.225 e. The fourth-order valence-electron chi connectivity index (χ4n) is 3.94. The fourth-order valence-corrected chi connectivity index (χ4v) is 3.94. The van der Waals surface area contributed by atoms with E-state index in [0.29, 0.717) is 29.7 Å². The Balaban J connectivity index is 1.75. The summed E-state index contributed by atoms with van der Waals surface area (Å²) in [5.41, 5.74) is 2.76. The zero-order chi connectivity index (χ0) is 17.4. The van der Waals surface area contributed by atoms with Gasteiger partial charge in [0.2, 0.25) is 5.91 Å². The number of hydrogen-bond acceptors (Lipinski definition) is 2. The summed E-state index contributed by atoms with van der Waals surface area (Å²) in [7, 11) is 0. The van der Waals surface area contributed by atoms with E-state index in [1.165, 1.54) is 6.07 Å². The maximum absolute atomic E-state index is 14.3. The predicted molar refractivity (Wildman–Crippen MR) is 92.4 cm³/mol. The lowest BCUT2D eigenvalue weighted by Gasteiger charge is -2.34. The summed E-state index contributed by atoms with van der Waals surface area (Å²) in [6.07, 6.45) is 1.10. The van der Waals surface area contributed by atoms with Gasteiger partial charge in [0.05, 0.1) is 0 Å². The van der Waals surface area contributed by atoms with Crippen LogP contribution in [0.3, 0.4) is 0 Å². The van der Waals surface area contributed by atoms with E-state index in [4.69, 9.17) is 0 Å². The Morgan fingerprint density at radius 3 is 2.36 bits per heavy atom. The molecule has 2 aromatic carbocycles. The summed E-state index contributed by atoms with van der Waals surface area (Å²) in [6.45, 7) is 0. The van der Waals surface area contributed by atoms with Crippen molar-refractivity contribution >= 4 is 11.7 Å². The van der Waals surface area contributed by atoms with Crippen LogP contribution in [0.4, 0.5) is 4.39 Å². The molecule has 1 aliphatic carbocycles. The van der Waals surface area contributed by atoms with Crippen molar-refractivity contribution in [1.29, 1.82) is 0 Å². The number of carbonyl (C=O) groups excluding carboxylic acids is 2. The van der Waals surface area contributed by atoms with Crippen LogP contribution in [0, 0.1) is 5.82 Å². The average Bonchev–Trinajstić information content (AvgIpc) is 2.62. The number of nitrogens with one attached hydrogen (secondary N) is 1. The molecule has 1 heterocycles. The van der Waals surface area contributed by atoms with E-state index in [0.717, 1.165) is 5.56 Å². The van der Waals surface area contributed by atoms with Crippen molar-refractivity contribution in [2.24, 2.45) is 0 Å². The molecular weight excluding hydrogens is 317 g/mol. The molecular formula is C21H18FNO2. The van der Waals surface area contributed by atoms with Crippen LogP contribution in [0.2, 0.25) is 0 Å². The molecule has 1 N–H and O–H groups in total. The zero-order valence-electron chi connectivity index (χ0n) is 13.7. The molecule has 2 atom stereocenters. The number of ketones is 1. The first-order valence-corrected chi connectivity index (χ1v) is 8.49. The number of allylic oxidation sites excluding steroid dienone is 2. The van der Waals surface area contributed by atoms with E-state index in [1.807, 2.05) is 30.3 Å². The fraction of sp³-hybridized carbons (Fsp3) is 0.238. The Kier molecular flexibility index (Phi) is 3.96. The van der Waals surface area contributed by atoms with Gasteiger partial charge in [-0.2, -0.15) is 0 Å². The smallest absolute Gasteiger partial charge is 0.225 e. The van der Waals surface area contributed by atoms with Gasteiger partial charge in [-0.3, -0.25) is 9.59 Å². The lowest BCUT2D eigenvalue weighted by molar-refractivity contribution is -0.122. The molecule has 2 aliphatic rings. The lowest BCUT2D eigenvalue weighted by atomic mass is 9.73. The minimum atomic E-state index is -0.492. The van der Waals surface area contributed by atoms with Crippen LogP contribution in [0.25, 0.3) is 0 Å². The number of rotatable bonds is 2. The van der Waals surface area contributed by atoms with Crippen LogP contribution in [0.1, 0.15) is 42.2 Å². The van der Waals surface area contributed by atoms with E-state index in [-0.39, 0.29) is 29.8 Å². The molecule has 0 saturated carbocycles. The molecule has 1 amide bonds. The Morgan fingerprint density at radius 1 is 0.880 bits per heavy atom. The van der Waals surface area contributed by atoms with Gasteiger partial charge in [-0.15, -0.1) is 0 Å². The van der Waals surface area contributed by atoms with E-state index in [9.17, 15) is 14.0 Å². The predicted octanol–water partition coefficient (Wildman–Crippen LogP) is 3.83. The number of halogens is 1. The van der Waals surface area contributed by atoms with Gasteiger partial charge in [0.15, 0.2) is 5.78 Å². The van der Waals surface area contributed by atoms with Gasteiger partial charge in [-0.1, -0.05) is 48.5 Å². The van der Waals surface area contributed by atoms with Gasteiger partial charge in [0.1, 0.15) is 5.82 Å². The molecule has 3 nitrogen and oxygen atoms in total. The molecule has 126 valence electrons. The number of benzene rings is 2. The number of Topliss-reactive ketones (excluding diaryl/α,β-unsaturated/α-hetero) is 1. The second kappa shape index (κ2) is 6.28. The van der Waals surface area contributed by atoms with Gasteiger partial charge in [-0.05, 0) is 29.5 Å². The SMILES string of the molecule is O=C1CC(c2ccccc2F)C2=C(CC(c3ccccc3)CC2=O)N1. The number of amides is 1. The third kappa shape index (κ3) is 2.88. The van der Waals surface area contributed by atoms with Gasteiger partial charge >= 0.3 is 0 Å². The molecule has 0 bridgehead atoms. The lowest BCUT2D eigenvalue weighted by Crippen LogP contribution is -2.38. The van der Waals surface area contributed by atoms with Crippen LogP contribution < -0.4 is 5.32 Å². The monoisotopic (exact) mass is 335 g/mol. The molecule has 0 saturated heterocycles. The normalized spacial score (nSPS) is 23.2. The average molecular weight is 335 g/mol. The third-order valence-electron chi connectivity index (χ3n) is 5.09. The van der Waals surface area contributed by atoms with Crippen LogP contribution >= 0.6 is 0 Å². The highest BCUT2D eigenvalue weighted by atomic mass is 19.1. The standard InChI is InChI=1S/C21H18FNO2/c22-17-9-5-4-8-15(17)16-12-20(25)23-18-10-14(11-19(24)21(16)18)13-6-2-1-3-7-13/h1-9,14,16H,10-12H2,(H,23,25). The molecule has 0 aromatic heterocycles. The van der Waals surface area contributed by atoms with Crippen LogP contribution in [-0.4, -0.2) is 11.7 Å². The number of carbonyl (C=O) groups is 2. The summed E-state index contributed by atoms with van der Waals surface area (Å²) >= 11 is 0. The van der Waals surface area contributed by atoms with E-state index >= 15 is 0 Å². The van der Waals surface area contributed by atoms with Crippen molar-refractivity contribution in [3.63, 3.8) is 0 Å². The van der Waals surface area contributed by atoms with E-state index in [1.54, 1.807) is 18.2 Å². The van der Waals surface area contributed by atoms with Gasteiger partial charge in [0.25, 0.3) is 0 Å². The van der Waals surface area contributed by atoms with Gasteiger partial charge in [0, 0.05) is 30.0 Å². The van der Waals surface area contributed by atoms with Crippen LogP contribution in [0.5, 0.6) is 0 Å². The van der Waals surface area contributed by atoms with E-state index < -0.39 is 5.92 Å². The largest absolute Gasteiger partial charge is 0.329 e. The summed E-state index contributed by atoms with van der Waals surface area (Å²) in [4.78, 5) is 25.1. The number of hydrogen-bond donors (Lipinski definition) is 1. The Bertz CT molecular complexity index is 872. The minimum absolute atomic E-state index is 0.00311. The molecule has 1 aliphatic heterocycles. The second-order valence-electron chi connectivity index (χ2n) is 6.66. The summed E-state index contributed by atoms with van der Waals surface area (Å²) in [5.74, 6) is -0.967. The molecule has 4 rings (SSSR count). The summed E-state index contributed by atoms with van der Waals surface area (Å²) in [5, 5.41) is 2.87. The highest BCUT2D eigenvalue weighted by Gasteiger charge is 2.38. The molecule has 0 fully saturated rings. The molecule has 2 unspecified atom stereocenters.